The van der Waals surface area contributed by atoms with Crippen LogP contribution in [-0.2, 0) is 0 Å². The van der Waals surface area contributed by atoms with E-state index < -0.39 is 0 Å². The first-order valence-electron chi connectivity index (χ1n) is 6.78. The molecule has 0 amide bonds. The number of hydrogen-bond acceptors (Lipinski definition) is 4. The van der Waals surface area contributed by atoms with Crippen molar-refractivity contribution >= 4 is 16.7 Å². The number of pyridine rings is 1. The predicted molar refractivity (Wildman–Crippen MR) is 81.5 cm³/mol. The Morgan fingerprint density at radius 3 is 3.00 bits per heavy atom. The maximum atomic E-state index is 4.59. The summed E-state index contributed by atoms with van der Waals surface area (Å²) in [6.45, 7) is 3.03. The zero-order chi connectivity index (χ0) is 13.8. The molecule has 0 unspecified atom stereocenters. The molecule has 3 rings (SSSR count). The number of nitrogens with zero attached hydrogens (tertiary/aromatic N) is 3. The van der Waals surface area contributed by atoms with E-state index in [-0.39, 0.29) is 0 Å². The lowest BCUT2D eigenvalue weighted by Crippen LogP contribution is -2.02. The smallest absolute Gasteiger partial charge is 0.145 e. The molecule has 0 fully saturated rings. The molecule has 0 aliphatic heterocycles. The van der Waals surface area contributed by atoms with Gasteiger partial charge >= 0.3 is 0 Å². The van der Waals surface area contributed by atoms with Crippen LogP contribution < -0.4 is 5.32 Å². The summed E-state index contributed by atoms with van der Waals surface area (Å²) in [4.78, 5) is 13.2. The van der Waals surface area contributed by atoms with Crippen LogP contribution >= 0.6 is 0 Å². The fourth-order valence-corrected chi connectivity index (χ4v) is 2.08. The molecule has 0 aliphatic carbocycles. The molecule has 2 heterocycles. The van der Waals surface area contributed by atoms with Crippen molar-refractivity contribution in [3.63, 3.8) is 0 Å². The first-order valence-corrected chi connectivity index (χ1v) is 6.78. The number of benzene rings is 1. The summed E-state index contributed by atoms with van der Waals surface area (Å²) in [6.07, 6.45) is 6.40. The highest BCUT2D eigenvalue weighted by Gasteiger charge is 2.03. The summed E-state index contributed by atoms with van der Waals surface area (Å²) in [5, 5.41) is 4.37. The molecule has 1 N–H and O–H groups in total. The summed E-state index contributed by atoms with van der Waals surface area (Å²) in [5.74, 6) is 0.815. The Labute approximate surface area is 117 Å². The Morgan fingerprint density at radius 2 is 2.10 bits per heavy atom. The fourth-order valence-electron chi connectivity index (χ4n) is 2.08. The quantitative estimate of drug-likeness (QED) is 0.783. The molecule has 0 saturated heterocycles. The van der Waals surface area contributed by atoms with Crippen molar-refractivity contribution in [2.45, 2.75) is 13.3 Å². The molecule has 0 spiro atoms. The van der Waals surface area contributed by atoms with E-state index in [1.54, 1.807) is 18.6 Å². The van der Waals surface area contributed by atoms with Gasteiger partial charge in [-0.05, 0) is 24.6 Å². The average molecular weight is 264 g/mol. The van der Waals surface area contributed by atoms with E-state index in [4.69, 9.17) is 0 Å². The van der Waals surface area contributed by atoms with Crippen molar-refractivity contribution in [2.24, 2.45) is 0 Å². The average Bonchev–Trinajstić information content (AvgIpc) is 2.53. The Kier molecular flexibility index (Phi) is 3.54. The van der Waals surface area contributed by atoms with Gasteiger partial charge in [-0.3, -0.25) is 9.97 Å². The second-order valence-corrected chi connectivity index (χ2v) is 4.63. The number of fused-ring (bicyclic) bond motifs is 1. The molecular formula is C16H16N4. The highest BCUT2D eigenvalue weighted by molar-refractivity contribution is 5.83. The highest BCUT2D eigenvalue weighted by atomic mass is 15.0. The molecule has 0 saturated carbocycles. The molecule has 100 valence electrons. The minimum Gasteiger partial charge on any atom is -0.369 e. The van der Waals surface area contributed by atoms with E-state index in [1.165, 1.54) is 0 Å². The maximum Gasteiger partial charge on any atom is 0.145 e. The number of aromatic nitrogens is 3. The minimum absolute atomic E-state index is 0.815. The van der Waals surface area contributed by atoms with Crippen LogP contribution in [0.2, 0.25) is 0 Å². The third-order valence-electron chi connectivity index (χ3n) is 3.09. The van der Waals surface area contributed by atoms with Gasteiger partial charge in [-0.1, -0.05) is 19.1 Å². The summed E-state index contributed by atoms with van der Waals surface area (Å²) < 4.78 is 0. The monoisotopic (exact) mass is 264 g/mol. The molecule has 4 nitrogen and oxygen atoms in total. The molecule has 20 heavy (non-hydrogen) atoms. The fraction of sp³-hybridized carbons (Fsp3) is 0.188. The molecule has 4 heteroatoms. The van der Waals surface area contributed by atoms with Crippen molar-refractivity contribution in [3.05, 3.63) is 48.9 Å². The van der Waals surface area contributed by atoms with Crippen LogP contribution in [0.3, 0.4) is 0 Å². The first-order chi connectivity index (χ1) is 9.86. The van der Waals surface area contributed by atoms with Crippen LogP contribution in [0, 0.1) is 0 Å². The van der Waals surface area contributed by atoms with Crippen LogP contribution in [0.1, 0.15) is 13.3 Å². The molecule has 0 atom stereocenters. The molecule has 2 aromatic heterocycles. The topological polar surface area (TPSA) is 50.7 Å². The van der Waals surface area contributed by atoms with Crippen molar-refractivity contribution < 1.29 is 0 Å². The second-order valence-electron chi connectivity index (χ2n) is 4.63. The van der Waals surface area contributed by atoms with E-state index in [2.05, 4.69) is 39.3 Å². The Balaban J connectivity index is 1.97. The third-order valence-corrected chi connectivity index (χ3v) is 3.09. The molecule has 0 bridgehead atoms. The van der Waals surface area contributed by atoms with E-state index in [0.717, 1.165) is 40.9 Å². The first kappa shape index (κ1) is 12.5. The van der Waals surface area contributed by atoms with Gasteiger partial charge in [-0.2, -0.15) is 0 Å². The van der Waals surface area contributed by atoms with Gasteiger partial charge in [0.2, 0.25) is 0 Å². The summed E-state index contributed by atoms with van der Waals surface area (Å²) in [6, 6.07) is 10.1. The van der Waals surface area contributed by atoms with Gasteiger partial charge in [0.15, 0.2) is 0 Å². The Hall–Kier alpha value is -2.49. The van der Waals surface area contributed by atoms with Gasteiger partial charge in [-0.15, -0.1) is 0 Å². The minimum atomic E-state index is 0.815. The van der Waals surface area contributed by atoms with Crippen molar-refractivity contribution in [3.8, 4) is 11.3 Å². The maximum absolute atomic E-state index is 4.59. The Bertz CT molecular complexity index is 724. The number of rotatable bonds is 4. The third kappa shape index (κ3) is 2.59. The molecule has 1 aromatic carbocycles. The van der Waals surface area contributed by atoms with Gasteiger partial charge in [-0.25, -0.2) is 4.98 Å². The van der Waals surface area contributed by atoms with Crippen LogP contribution in [0.4, 0.5) is 5.82 Å². The lowest BCUT2D eigenvalue weighted by molar-refractivity contribution is 0.965. The van der Waals surface area contributed by atoms with Crippen LogP contribution in [-0.4, -0.2) is 21.5 Å². The van der Waals surface area contributed by atoms with Gasteiger partial charge in [0, 0.05) is 23.7 Å². The van der Waals surface area contributed by atoms with Crippen LogP contribution in [0.15, 0.2) is 48.9 Å². The zero-order valence-electron chi connectivity index (χ0n) is 11.4. The van der Waals surface area contributed by atoms with Gasteiger partial charge in [0.1, 0.15) is 5.82 Å². The standard InChI is InChI=1S/C16H16N4/c1-2-7-19-16-11-17-10-15(20-16)13-5-6-14-12(9-13)4-3-8-18-14/h3-6,8-11H,2,7H2,1H3,(H,19,20). The SMILES string of the molecule is CCCNc1cncc(-c2ccc3ncccc3c2)n1. The van der Waals surface area contributed by atoms with Crippen molar-refractivity contribution in [2.75, 3.05) is 11.9 Å². The number of anilines is 1. The molecule has 0 aliphatic rings. The second kappa shape index (κ2) is 5.65. The van der Waals surface area contributed by atoms with E-state index in [1.807, 2.05) is 18.2 Å². The summed E-state index contributed by atoms with van der Waals surface area (Å²) in [5.41, 5.74) is 2.92. The number of nitrogens with one attached hydrogen (secondary N) is 1. The van der Waals surface area contributed by atoms with Gasteiger partial charge in [0.05, 0.1) is 23.6 Å². The lowest BCUT2D eigenvalue weighted by Gasteiger charge is -2.06. The summed E-state index contributed by atoms with van der Waals surface area (Å²) in [7, 11) is 0. The van der Waals surface area contributed by atoms with Crippen LogP contribution in [0.5, 0.6) is 0 Å². The van der Waals surface area contributed by atoms with E-state index >= 15 is 0 Å². The lowest BCUT2D eigenvalue weighted by atomic mass is 10.1. The largest absolute Gasteiger partial charge is 0.369 e. The van der Waals surface area contributed by atoms with Crippen molar-refractivity contribution in [1.82, 2.24) is 15.0 Å². The highest BCUT2D eigenvalue weighted by Crippen LogP contribution is 2.22. The normalized spacial score (nSPS) is 10.7. The molecule has 3 aromatic rings. The molecule has 0 radical (unpaired) electrons. The predicted octanol–water partition coefficient (Wildman–Crippen LogP) is 3.51. The summed E-state index contributed by atoms with van der Waals surface area (Å²) >= 11 is 0. The number of hydrogen-bond donors (Lipinski definition) is 1. The van der Waals surface area contributed by atoms with Crippen molar-refractivity contribution in [1.29, 1.82) is 0 Å². The Morgan fingerprint density at radius 1 is 1.15 bits per heavy atom. The van der Waals surface area contributed by atoms with Gasteiger partial charge in [0.25, 0.3) is 0 Å². The molecular weight excluding hydrogens is 248 g/mol. The zero-order valence-corrected chi connectivity index (χ0v) is 11.4. The van der Waals surface area contributed by atoms with Gasteiger partial charge < -0.3 is 5.32 Å². The van der Waals surface area contributed by atoms with E-state index in [0.29, 0.717) is 0 Å². The van der Waals surface area contributed by atoms with E-state index in [9.17, 15) is 0 Å². The van der Waals surface area contributed by atoms with Crippen LogP contribution in [0.25, 0.3) is 22.2 Å².